The van der Waals surface area contributed by atoms with E-state index >= 15 is 0 Å². The summed E-state index contributed by atoms with van der Waals surface area (Å²) in [6.07, 6.45) is 9.92. The summed E-state index contributed by atoms with van der Waals surface area (Å²) in [5, 5.41) is 3.20. The van der Waals surface area contributed by atoms with Crippen molar-refractivity contribution in [3.05, 3.63) is 0 Å². The monoisotopic (exact) mass is 282 g/mol. The van der Waals surface area contributed by atoms with Gasteiger partial charge in [0.15, 0.2) is 0 Å². The average Bonchev–Trinajstić information content (AvgIpc) is 2.52. The number of nitrogens with one attached hydrogen (secondary N) is 1. The van der Waals surface area contributed by atoms with Gasteiger partial charge in [0.25, 0.3) is 0 Å². The first-order chi connectivity index (χ1) is 9.06. The molecule has 1 unspecified atom stereocenters. The third-order valence-electron chi connectivity index (χ3n) is 5.08. The van der Waals surface area contributed by atoms with Gasteiger partial charge in [0.2, 0.25) is 5.91 Å². The van der Waals surface area contributed by atoms with Crippen molar-refractivity contribution in [1.82, 2.24) is 5.32 Å². The lowest BCUT2D eigenvalue weighted by Crippen LogP contribution is -2.52. The lowest BCUT2D eigenvalue weighted by atomic mass is 9.77. The van der Waals surface area contributed by atoms with Gasteiger partial charge >= 0.3 is 0 Å². The van der Waals surface area contributed by atoms with E-state index in [-0.39, 0.29) is 11.9 Å². The highest BCUT2D eigenvalue weighted by Crippen LogP contribution is 2.37. The summed E-state index contributed by atoms with van der Waals surface area (Å²) in [5.74, 6) is 0.736. The van der Waals surface area contributed by atoms with Crippen molar-refractivity contribution in [2.45, 2.75) is 70.8 Å². The summed E-state index contributed by atoms with van der Waals surface area (Å²) in [4.78, 5) is 13.1. The van der Waals surface area contributed by atoms with Crippen LogP contribution in [0, 0.1) is 11.3 Å². The molecule has 0 aromatic rings. The van der Waals surface area contributed by atoms with E-state index in [1.807, 2.05) is 0 Å². The first-order valence-corrected chi connectivity index (χ1v) is 8.08. The summed E-state index contributed by atoms with van der Waals surface area (Å²) >= 11 is 5.24. The molecule has 0 saturated heterocycles. The smallest absolute Gasteiger partial charge is 0.233 e. The van der Waals surface area contributed by atoms with Crippen molar-refractivity contribution in [3.63, 3.8) is 0 Å². The highest BCUT2D eigenvalue weighted by Gasteiger charge is 2.42. The molecule has 108 valence electrons. The largest absolute Gasteiger partial charge is 0.392 e. The quantitative estimate of drug-likeness (QED) is 0.616. The van der Waals surface area contributed by atoms with Crippen LogP contribution in [0.25, 0.3) is 0 Å². The first-order valence-electron chi connectivity index (χ1n) is 7.67. The zero-order valence-corrected chi connectivity index (χ0v) is 12.7. The van der Waals surface area contributed by atoms with E-state index in [1.54, 1.807) is 0 Å². The van der Waals surface area contributed by atoms with Gasteiger partial charge in [0.1, 0.15) is 0 Å². The molecule has 0 spiro atoms. The molecule has 4 heteroatoms. The molecule has 3 nitrogen and oxygen atoms in total. The molecule has 0 radical (unpaired) electrons. The van der Waals surface area contributed by atoms with Crippen LogP contribution in [-0.2, 0) is 4.79 Å². The lowest BCUT2D eigenvalue weighted by Gasteiger charge is -2.36. The molecule has 1 amide bonds. The van der Waals surface area contributed by atoms with Crippen LogP contribution < -0.4 is 11.1 Å². The summed E-state index contributed by atoms with van der Waals surface area (Å²) < 4.78 is 0. The maximum atomic E-state index is 12.7. The van der Waals surface area contributed by atoms with Crippen LogP contribution in [0.4, 0.5) is 0 Å². The Hall–Kier alpha value is -0.640. The van der Waals surface area contributed by atoms with Gasteiger partial charge in [-0.3, -0.25) is 4.79 Å². The molecule has 0 heterocycles. The number of amides is 1. The molecule has 19 heavy (non-hydrogen) atoms. The van der Waals surface area contributed by atoms with Gasteiger partial charge in [-0.05, 0) is 38.5 Å². The van der Waals surface area contributed by atoms with Crippen molar-refractivity contribution >= 4 is 23.1 Å². The van der Waals surface area contributed by atoms with E-state index in [0.717, 1.165) is 25.7 Å². The van der Waals surface area contributed by atoms with Crippen LogP contribution in [-0.4, -0.2) is 16.9 Å². The van der Waals surface area contributed by atoms with Crippen molar-refractivity contribution in [2.75, 3.05) is 0 Å². The Balaban J connectivity index is 2.04. The number of rotatable bonds is 4. The van der Waals surface area contributed by atoms with Crippen LogP contribution in [0.1, 0.15) is 64.7 Å². The van der Waals surface area contributed by atoms with Gasteiger partial charge in [0.05, 0.1) is 10.4 Å². The SMILES string of the molecule is CC(NC(=O)C1(C(N)=S)CCCCCC1)C1CCC1. The second kappa shape index (κ2) is 6.21. The van der Waals surface area contributed by atoms with Crippen molar-refractivity contribution in [1.29, 1.82) is 0 Å². The van der Waals surface area contributed by atoms with Gasteiger partial charge in [-0.15, -0.1) is 0 Å². The average molecular weight is 282 g/mol. The predicted octanol–water partition coefficient (Wildman–Crippen LogP) is 2.92. The molecule has 2 aliphatic rings. The van der Waals surface area contributed by atoms with Crippen molar-refractivity contribution in [2.24, 2.45) is 17.1 Å². The van der Waals surface area contributed by atoms with E-state index < -0.39 is 5.41 Å². The third kappa shape index (κ3) is 3.10. The number of nitrogens with two attached hydrogens (primary N) is 1. The topological polar surface area (TPSA) is 55.1 Å². The zero-order chi connectivity index (χ0) is 13.9. The van der Waals surface area contributed by atoms with Crippen LogP contribution in [0.5, 0.6) is 0 Å². The van der Waals surface area contributed by atoms with Gasteiger partial charge in [-0.25, -0.2) is 0 Å². The van der Waals surface area contributed by atoms with E-state index in [1.165, 1.54) is 32.1 Å². The fourth-order valence-corrected chi connectivity index (χ4v) is 3.62. The Morgan fingerprint density at radius 2 is 1.79 bits per heavy atom. The molecule has 2 aliphatic carbocycles. The molecule has 0 aliphatic heterocycles. The summed E-state index contributed by atoms with van der Waals surface area (Å²) in [6.45, 7) is 2.12. The van der Waals surface area contributed by atoms with E-state index in [4.69, 9.17) is 18.0 Å². The Morgan fingerprint density at radius 3 is 2.21 bits per heavy atom. The lowest BCUT2D eigenvalue weighted by molar-refractivity contribution is -0.129. The number of hydrogen-bond acceptors (Lipinski definition) is 2. The molecular weight excluding hydrogens is 256 g/mol. The van der Waals surface area contributed by atoms with E-state index in [2.05, 4.69) is 12.2 Å². The van der Waals surface area contributed by atoms with Gasteiger partial charge in [0, 0.05) is 6.04 Å². The highest BCUT2D eigenvalue weighted by molar-refractivity contribution is 7.80. The van der Waals surface area contributed by atoms with E-state index in [9.17, 15) is 4.79 Å². The third-order valence-corrected chi connectivity index (χ3v) is 5.47. The second-order valence-electron chi connectivity index (χ2n) is 6.31. The standard InChI is InChI=1S/C15H26N2OS/c1-11(12-7-6-8-12)17-14(18)15(13(16)19)9-4-2-3-5-10-15/h11-12H,2-10H2,1H3,(H2,16,19)(H,17,18). The van der Waals surface area contributed by atoms with E-state index in [0.29, 0.717) is 10.9 Å². The number of carbonyl (C=O) groups is 1. The molecule has 2 rings (SSSR count). The second-order valence-corrected chi connectivity index (χ2v) is 6.75. The number of hydrogen-bond donors (Lipinski definition) is 2. The molecule has 0 aromatic heterocycles. The Kier molecular flexibility index (Phi) is 4.82. The van der Waals surface area contributed by atoms with Gasteiger partial charge in [-0.2, -0.15) is 0 Å². The molecule has 3 N–H and O–H groups in total. The van der Waals surface area contributed by atoms with Crippen molar-refractivity contribution < 1.29 is 4.79 Å². The van der Waals surface area contributed by atoms with Crippen LogP contribution in [0.3, 0.4) is 0 Å². The van der Waals surface area contributed by atoms with Gasteiger partial charge < -0.3 is 11.1 Å². The number of carbonyl (C=O) groups excluding carboxylic acids is 1. The summed E-state index contributed by atoms with van der Waals surface area (Å²) in [5.41, 5.74) is 5.36. The fourth-order valence-electron chi connectivity index (χ4n) is 3.32. The summed E-state index contributed by atoms with van der Waals surface area (Å²) in [6, 6.07) is 0.260. The first kappa shape index (κ1) is 14.8. The molecule has 2 saturated carbocycles. The zero-order valence-electron chi connectivity index (χ0n) is 11.9. The van der Waals surface area contributed by atoms with Crippen LogP contribution in [0.2, 0.25) is 0 Å². The minimum atomic E-state index is -0.580. The number of thiocarbonyl (C=S) groups is 1. The summed E-state index contributed by atoms with van der Waals surface area (Å²) in [7, 11) is 0. The Morgan fingerprint density at radius 1 is 1.21 bits per heavy atom. The molecule has 0 bridgehead atoms. The van der Waals surface area contributed by atoms with Gasteiger partial charge in [-0.1, -0.05) is 44.3 Å². The minimum absolute atomic E-state index is 0.0845. The van der Waals surface area contributed by atoms with Crippen LogP contribution in [0.15, 0.2) is 0 Å². The Bertz CT molecular complexity index is 344. The normalized spacial score (nSPS) is 24.9. The molecule has 0 aromatic carbocycles. The van der Waals surface area contributed by atoms with Crippen LogP contribution >= 0.6 is 12.2 Å². The molecule has 1 atom stereocenters. The predicted molar refractivity (Wildman–Crippen MR) is 81.9 cm³/mol. The Labute approximate surface area is 121 Å². The maximum absolute atomic E-state index is 12.7. The maximum Gasteiger partial charge on any atom is 0.233 e. The molecule has 2 fully saturated rings. The minimum Gasteiger partial charge on any atom is -0.392 e. The fraction of sp³-hybridized carbons (Fsp3) is 0.867. The van der Waals surface area contributed by atoms with Crippen molar-refractivity contribution in [3.8, 4) is 0 Å². The molecular formula is C15H26N2OS. The highest BCUT2D eigenvalue weighted by atomic mass is 32.1.